The van der Waals surface area contributed by atoms with Crippen molar-refractivity contribution in [2.45, 2.75) is 0 Å². The van der Waals surface area contributed by atoms with E-state index in [1.807, 2.05) is 0 Å². The van der Waals surface area contributed by atoms with E-state index in [1.165, 1.54) is 0 Å². The summed E-state index contributed by atoms with van der Waals surface area (Å²) in [6.07, 6.45) is 0. The molecule has 48 valence electrons. The van der Waals surface area contributed by atoms with Gasteiger partial charge >= 0.3 is 19.8 Å². The largest absolute Gasteiger partial charge is 0.458 e. The van der Waals surface area contributed by atoms with Crippen molar-refractivity contribution in [2.24, 2.45) is 5.40 Å². The maximum atomic E-state index is 10.0. The molecule has 0 aliphatic carbocycles. The molecule has 8 heavy (non-hydrogen) atoms. The zero-order chi connectivity index (χ0) is 6.20. The summed E-state index contributed by atoms with van der Waals surface area (Å²) in [5, 5.41) is 4.90. The molecule has 0 amide bonds. The Balaban J connectivity index is 2.71. The molecule has 1 unspecified atom stereocenters. The highest BCUT2D eigenvalue weighted by Crippen LogP contribution is 2.06. The van der Waals surface area contributed by atoms with Gasteiger partial charge in [-0.05, 0) is 0 Å². The normalized spacial score (nSPS) is 35.4. The molecule has 1 fully saturated rings. The van der Waals surface area contributed by atoms with Gasteiger partial charge in [0.25, 0.3) is 0 Å². The van der Waals surface area contributed by atoms with Crippen LogP contribution in [-0.4, -0.2) is 17.9 Å². The Morgan fingerprint density at radius 1 is 1.50 bits per heavy atom. The molecule has 1 aliphatic heterocycles. The molecule has 0 radical (unpaired) electrons. The van der Waals surface area contributed by atoms with E-state index in [-0.39, 0.29) is 0 Å². The summed E-state index contributed by atoms with van der Waals surface area (Å²) in [5.41, 5.74) is 0. The van der Waals surface area contributed by atoms with Gasteiger partial charge in [-0.25, -0.2) is 8.45 Å². The number of nitrogens with two attached hydrogens (primary N) is 1. The van der Waals surface area contributed by atoms with Gasteiger partial charge in [-0.1, -0.05) is 4.33 Å². The second-order valence-corrected chi connectivity index (χ2v) is 3.69. The Hall–Kier alpha value is 0.00688. The van der Waals surface area contributed by atoms with Gasteiger partial charge in [-0.2, -0.15) is 8.42 Å². The van der Waals surface area contributed by atoms with Gasteiger partial charge < -0.3 is 5.40 Å². The van der Waals surface area contributed by atoms with Crippen molar-refractivity contribution in [3.8, 4) is 0 Å². The van der Waals surface area contributed by atoms with E-state index >= 15 is 0 Å². The summed E-state index contributed by atoms with van der Waals surface area (Å²) in [6.45, 7) is 0. The Labute approximate surface area is 47.3 Å². The van der Waals surface area contributed by atoms with E-state index in [4.69, 9.17) is 5.40 Å². The van der Waals surface area contributed by atoms with E-state index < -0.39 is 19.8 Å². The first-order chi connectivity index (χ1) is 3.60. The first-order valence-electron chi connectivity index (χ1n) is 1.64. The fraction of sp³-hybridized carbons (Fsp3) is 0. The molecule has 1 rings (SSSR count). The summed E-state index contributed by atoms with van der Waals surface area (Å²) < 4.78 is 31.7. The monoisotopic (exact) mass is 157 g/mol. The SMILES string of the molecule is N[SiH]1OOS(=O)(=O)O1. The molecule has 1 atom stereocenters. The predicted molar refractivity (Wildman–Crippen MR) is 23.5 cm³/mol. The van der Waals surface area contributed by atoms with Crippen LogP contribution in [0.5, 0.6) is 0 Å². The van der Waals surface area contributed by atoms with Gasteiger partial charge in [-0.15, -0.1) is 0 Å². The molecule has 0 saturated carbocycles. The lowest BCUT2D eigenvalue weighted by atomic mass is 13.9. The zero-order valence-corrected chi connectivity index (χ0v) is 5.58. The van der Waals surface area contributed by atoms with Crippen LogP contribution in [0.4, 0.5) is 0 Å². The minimum atomic E-state index is -3.88. The molecule has 0 spiro atoms. The van der Waals surface area contributed by atoms with Crippen LogP contribution in [0.1, 0.15) is 0 Å². The van der Waals surface area contributed by atoms with E-state index in [0.717, 1.165) is 0 Å². The van der Waals surface area contributed by atoms with Crippen LogP contribution in [-0.2, 0) is 23.2 Å². The van der Waals surface area contributed by atoms with Crippen LogP contribution in [0.15, 0.2) is 0 Å². The third kappa shape index (κ3) is 1.24. The Kier molecular flexibility index (Phi) is 1.34. The molecule has 0 aromatic heterocycles. The molecule has 0 aromatic carbocycles. The standard InChI is InChI=1S/H3NO5SSi/c1-8-5-4-7(2,3)6-8/h8H,1H2. The van der Waals surface area contributed by atoms with E-state index in [1.54, 1.807) is 0 Å². The molecule has 0 bridgehead atoms. The van der Waals surface area contributed by atoms with Crippen LogP contribution >= 0.6 is 0 Å². The van der Waals surface area contributed by atoms with E-state index in [2.05, 4.69) is 12.8 Å². The van der Waals surface area contributed by atoms with Crippen molar-refractivity contribution in [3.63, 3.8) is 0 Å². The number of hydrogen-bond donors (Lipinski definition) is 1. The minimum absolute atomic E-state index is 2.48. The van der Waals surface area contributed by atoms with Crippen LogP contribution in [0.3, 0.4) is 0 Å². The average molecular weight is 157 g/mol. The summed E-state index contributed by atoms with van der Waals surface area (Å²) in [4.78, 5) is 0. The maximum absolute atomic E-state index is 10.0. The molecule has 1 heterocycles. The van der Waals surface area contributed by atoms with Crippen molar-refractivity contribution in [2.75, 3.05) is 0 Å². The predicted octanol–water partition coefficient (Wildman–Crippen LogP) is -2.11. The lowest BCUT2D eigenvalue weighted by molar-refractivity contribution is -0.0870. The van der Waals surface area contributed by atoms with Gasteiger partial charge in [-0.3, -0.25) is 0 Å². The number of rotatable bonds is 0. The summed E-state index contributed by atoms with van der Waals surface area (Å²) in [7, 11) is -6.37. The van der Waals surface area contributed by atoms with Crippen molar-refractivity contribution < 1.29 is 21.2 Å². The number of hydrogen-bond acceptors (Lipinski definition) is 6. The third-order valence-corrected chi connectivity index (χ3v) is 2.80. The lowest BCUT2D eigenvalue weighted by Crippen LogP contribution is -2.26. The topological polar surface area (TPSA) is 87.9 Å². The fourth-order valence-corrected chi connectivity index (χ4v) is 2.12. The van der Waals surface area contributed by atoms with Gasteiger partial charge in [0, 0.05) is 0 Å². The second kappa shape index (κ2) is 1.75. The van der Waals surface area contributed by atoms with Crippen LogP contribution in [0.25, 0.3) is 0 Å². The molecule has 2 N–H and O–H groups in total. The average Bonchev–Trinajstić information content (AvgIpc) is 1.82. The van der Waals surface area contributed by atoms with Crippen molar-refractivity contribution in [3.05, 3.63) is 0 Å². The van der Waals surface area contributed by atoms with Crippen molar-refractivity contribution in [1.29, 1.82) is 0 Å². The highest BCUT2D eigenvalue weighted by molar-refractivity contribution is 7.83. The van der Waals surface area contributed by atoms with Crippen LogP contribution in [0, 0.1) is 0 Å². The Bertz CT molecular complexity index is 171. The minimum Gasteiger partial charge on any atom is -0.307 e. The van der Waals surface area contributed by atoms with Gasteiger partial charge in [0.15, 0.2) is 0 Å². The van der Waals surface area contributed by atoms with Crippen molar-refractivity contribution in [1.82, 2.24) is 0 Å². The molecule has 1 aliphatic rings. The highest BCUT2D eigenvalue weighted by Gasteiger charge is 2.31. The molecule has 1 saturated heterocycles. The molecule has 6 nitrogen and oxygen atoms in total. The van der Waals surface area contributed by atoms with Crippen molar-refractivity contribution >= 4 is 19.8 Å². The molecular formula is H3NO5SSi. The molecular weight excluding hydrogens is 154 g/mol. The van der Waals surface area contributed by atoms with E-state index in [0.29, 0.717) is 0 Å². The van der Waals surface area contributed by atoms with Crippen LogP contribution in [0.2, 0.25) is 0 Å². The van der Waals surface area contributed by atoms with Crippen LogP contribution < -0.4 is 5.40 Å². The molecule has 8 heteroatoms. The van der Waals surface area contributed by atoms with Gasteiger partial charge in [0.1, 0.15) is 0 Å². The zero-order valence-electron chi connectivity index (χ0n) is 3.60. The fourth-order valence-electron chi connectivity index (χ4n) is 0.235. The first-order valence-corrected chi connectivity index (χ1v) is 4.58. The maximum Gasteiger partial charge on any atom is 0.458 e. The quantitative estimate of drug-likeness (QED) is 0.319. The Morgan fingerprint density at radius 2 is 2.12 bits per heavy atom. The summed E-state index contributed by atoms with van der Waals surface area (Å²) >= 11 is 0. The van der Waals surface area contributed by atoms with Gasteiger partial charge in [0.05, 0.1) is 0 Å². The second-order valence-electron chi connectivity index (χ2n) is 1.04. The highest BCUT2D eigenvalue weighted by atomic mass is 32.3. The Morgan fingerprint density at radius 3 is 2.25 bits per heavy atom. The van der Waals surface area contributed by atoms with Gasteiger partial charge in [0.2, 0.25) is 0 Å². The summed E-state index contributed by atoms with van der Waals surface area (Å²) in [5.74, 6) is 0. The lowest BCUT2D eigenvalue weighted by Gasteiger charge is -1.83. The third-order valence-electron chi connectivity index (χ3n) is 0.430. The smallest absolute Gasteiger partial charge is 0.307 e. The van der Waals surface area contributed by atoms with E-state index in [9.17, 15) is 8.42 Å². The summed E-state index contributed by atoms with van der Waals surface area (Å²) in [6, 6.07) is 0. The first kappa shape index (κ1) is 6.13. The molecule has 0 aromatic rings.